The molecule has 2 atom stereocenters. The number of carbonyl (C=O) groups excluding carboxylic acids is 3. The number of Topliss-reactive ketones (excluding diaryl/α,β-unsaturated/α-hetero) is 1. The number of aliphatic hydroxyl groups excluding tert-OH is 1. The molecular weight excluding hydrogens is 556 g/mol. The first-order chi connectivity index (χ1) is 20.2. The summed E-state index contributed by atoms with van der Waals surface area (Å²) in [4.78, 5) is 45.8. The molecular formula is C32H34N2O7S. The second kappa shape index (κ2) is 12.4. The van der Waals surface area contributed by atoms with E-state index in [0.29, 0.717) is 35.6 Å². The van der Waals surface area contributed by atoms with E-state index >= 15 is 0 Å². The van der Waals surface area contributed by atoms with Crippen molar-refractivity contribution in [3.05, 3.63) is 75.3 Å². The first kappa shape index (κ1) is 29.3. The van der Waals surface area contributed by atoms with Gasteiger partial charge in [0.1, 0.15) is 28.2 Å². The Balaban J connectivity index is 1.62. The van der Waals surface area contributed by atoms with Crippen molar-refractivity contribution in [3.8, 4) is 11.5 Å². The Hall–Kier alpha value is -4.18. The number of esters is 1. The maximum atomic E-state index is 13.7. The molecule has 0 radical (unpaired) electrons. The zero-order valence-corrected chi connectivity index (χ0v) is 25.0. The molecule has 2 aliphatic rings. The van der Waals surface area contributed by atoms with Crippen LogP contribution >= 0.6 is 11.3 Å². The van der Waals surface area contributed by atoms with Crippen LogP contribution in [0.15, 0.2) is 48.0 Å². The molecule has 9 nitrogen and oxygen atoms in total. The van der Waals surface area contributed by atoms with E-state index in [-0.39, 0.29) is 34.1 Å². The molecule has 0 saturated carbocycles. The van der Waals surface area contributed by atoms with E-state index in [2.05, 4.69) is 11.9 Å². The van der Waals surface area contributed by atoms with Crippen LogP contribution in [0.3, 0.4) is 0 Å². The number of aromatic nitrogens is 1. The highest BCUT2D eigenvalue weighted by molar-refractivity contribution is 7.17. The first-order valence-corrected chi connectivity index (χ1v) is 15.0. The minimum absolute atomic E-state index is 0.00442. The lowest BCUT2D eigenvalue weighted by Gasteiger charge is -2.23. The number of ether oxygens (including phenoxy) is 3. The van der Waals surface area contributed by atoms with Gasteiger partial charge < -0.3 is 19.3 Å². The van der Waals surface area contributed by atoms with Gasteiger partial charge >= 0.3 is 11.9 Å². The number of aryl methyl sites for hydroxylation is 1. The third-order valence-electron chi connectivity index (χ3n) is 7.26. The van der Waals surface area contributed by atoms with Crippen LogP contribution in [0, 0.1) is 6.92 Å². The lowest BCUT2D eigenvalue weighted by Crippen LogP contribution is -2.29. The molecule has 0 aliphatic carbocycles. The minimum Gasteiger partial charge on any atom is -0.507 e. The van der Waals surface area contributed by atoms with Gasteiger partial charge in [0, 0.05) is 12.0 Å². The normalized spacial score (nSPS) is 19.1. The number of nitrogens with zero attached hydrogens (tertiary/aromatic N) is 2. The van der Waals surface area contributed by atoms with Crippen molar-refractivity contribution in [2.45, 2.75) is 65.5 Å². The molecule has 1 fully saturated rings. The van der Waals surface area contributed by atoms with Crippen LogP contribution in [-0.4, -0.2) is 47.1 Å². The fraction of sp³-hybridized carbons (Fsp3) is 0.375. The van der Waals surface area contributed by atoms with Gasteiger partial charge in [0.2, 0.25) is 0 Å². The molecule has 1 N–H and O–H groups in total. The zero-order valence-electron chi connectivity index (χ0n) is 24.1. The number of unbranched alkanes of at least 4 members (excludes halogenated alkanes) is 2. The number of rotatable bonds is 10. The third-order valence-corrected chi connectivity index (χ3v) is 8.39. The zero-order chi connectivity index (χ0) is 30.0. The molecule has 0 spiro atoms. The number of fused-ring (bicyclic) bond motifs is 1. The number of benzene rings is 2. The Morgan fingerprint density at radius 1 is 1.17 bits per heavy atom. The predicted octanol–water partition coefficient (Wildman–Crippen LogP) is 6.15. The van der Waals surface area contributed by atoms with Gasteiger partial charge in [-0.15, -0.1) is 0 Å². The SMILES string of the molecule is CCCCCOc1cccc([C@@H]2C(=C(O)c3ccc4c(c3)C[C@@H](C)O4)C(=O)C(=O)N2c2nc(C)c(C(=O)OCC)s2)c1. The highest BCUT2D eigenvalue weighted by Crippen LogP contribution is 2.45. The smallest absolute Gasteiger partial charge is 0.350 e. The number of carbonyl (C=O) groups is 3. The van der Waals surface area contributed by atoms with Crippen molar-refractivity contribution in [2.75, 3.05) is 18.1 Å². The Bertz CT molecular complexity index is 1560. The van der Waals surface area contributed by atoms with Gasteiger partial charge in [-0.3, -0.25) is 14.5 Å². The summed E-state index contributed by atoms with van der Waals surface area (Å²) in [6.45, 7) is 8.15. The van der Waals surface area contributed by atoms with Crippen molar-refractivity contribution in [2.24, 2.45) is 0 Å². The molecule has 2 aromatic carbocycles. The lowest BCUT2D eigenvalue weighted by atomic mass is 9.94. The summed E-state index contributed by atoms with van der Waals surface area (Å²) in [5.41, 5.74) is 2.20. The lowest BCUT2D eigenvalue weighted by molar-refractivity contribution is -0.132. The van der Waals surface area contributed by atoms with Crippen molar-refractivity contribution in [1.82, 2.24) is 4.98 Å². The molecule has 220 valence electrons. The number of anilines is 1. The second-order valence-electron chi connectivity index (χ2n) is 10.4. The molecule has 0 bridgehead atoms. The Morgan fingerprint density at radius 2 is 1.98 bits per heavy atom. The predicted molar refractivity (Wildman–Crippen MR) is 159 cm³/mol. The van der Waals surface area contributed by atoms with Gasteiger partial charge in [0.15, 0.2) is 5.13 Å². The third kappa shape index (κ3) is 5.63. The van der Waals surface area contributed by atoms with Gasteiger partial charge in [-0.25, -0.2) is 9.78 Å². The summed E-state index contributed by atoms with van der Waals surface area (Å²) in [6, 6.07) is 11.4. The minimum atomic E-state index is -1.01. The van der Waals surface area contributed by atoms with E-state index in [9.17, 15) is 19.5 Å². The van der Waals surface area contributed by atoms with Crippen molar-refractivity contribution in [1.29, 1.82) is 0 Å². The monoisotopic (exact) mass is 590 g/mol. The van der Waals surface area contributed by atoms with Crippen LogP contribution in [0.5, 0.6) is 11.5 Å². The quantitative estimate of drug-likeness (QED) is 0.0984. The fourth-order valence-corrected chi connectivity index (χ4v) is 6.25. The van der Waals surface area contributed by atoms with Gasteiger partial charge in [-0.05, 0) is 68.7 Å². The highest BCUT2D eigenvalue weighted by Gasteiger charge is 2.48. The van der Waals surface area contributed by atoms with E-state index in [0.717, 1.165) is 41.9 Å². The van der Waals surface area contributed by atoms with E-state index in [1.807, 2.05) is 13.0 Å². The fourth-order valence-electron chi connectivity index (χ4n) is 5.26. The molecule has 0 unspecified atom stereocenters. The Kier molecular flexibility index (Phi) is 8.63. The number of ketones is 1. The largest absolute Gasteiger partial charge is 0.507 e. The molecule has 5 rings (SSSR count). The van der Waals surface area contributed by atoms with E-state index in [1.54, 1.807) is 50.2 Å². The average molecular weight is 591 g/mol. The van der Waals surface area contributed by atoms with E-state index < -0.39 is 23.7 Å². The number of amides is 1. The summed E-state index contributed by atoms with van der Waals surface area (Å²) in [5, 5.41) is 11.8. The number of aliphatic hydroxyl groups is 1. The van der Waals surface area contributed by atoms with Crippen LogP contribution < -0.4 is 14.4 Å². The Labute approximate surface area is 248 Å². The maximum Gasteiger partial charge on any atom is 0.350 e. The van der Waals surface area contributed by atoms with Crippen LogP contribution in [-0.2, 0) is 20.7 Å². The van der Waals surface area contributed by atoms with Crippen LogP contribution in [0.2, 0.25) is 0 Å². The van der Waals surface area contributed by atoms with Gasteiger partial charge in [-0.1, -0.05) is 43.2 Å². The molecule has 1 aromatic heterocycles. The van der Waals surface area contributed by atoms with E-state index in [1.165, 1.54) is 4.90 Å². The van der Waals surface area contributed by atoms with Crippen molar-refractivity contribution >= 4 is 39.9 Å². The maximum absolute atomic E-state index is 13.7. The van der Waals surface area contributed by atoms with Crippen molar-refractivity contribution in [3.63, 3.8) is 0 Å². The van der Waals surface area contributed by atoms with Crippen LogP contribution in [0.25, 0.3) is 5.76 Å². The van der Waals surface area contributed by atoms with Crippen molar-refractivity contribution < 1.29 is 33.7 Å². The molecule has 2 aliphatic heterocycles. The molecule has 10 heteroatoms. The number of hydrogen-bond donors (Lipinski definition) is 1. The van der Waals surface area contributed by atoms with Gasteiger partial charge in [0.05, 0.1) is 30.5 Å². The summed E-state index contributed by atoms with van der Waals surface area (Å²) < 4.78 is 16.9. The molecule has 1 amide bonds. The summed E-state index contributed by atoms with van der Waals surface area (Å²) in [6.07, 6.45) is 3.67. The van der Waals surface area contributed by atoms with Crippen LogP contribution in [0.4, 0.5) is 5.13 Å². The standard InChI is InChI=1S/C32H34N2O7S/c1-5-7-8-14-40-23-11-9-10-20(17-23)26-25(27(35)21-12-13-24-22(16-21)15-18(3)41-24)28(36)30(37)34(26)32-33-19(4)29(42-32)31(38)39-6-2/h9-13,16-18,26,35H,5-8,14-15H2,1-4H3/t18-,26-/m1/s1. The number of hydrogen-bond acceptors (Lipinski definition) is 9. The topological polar surface area (TPSA) is 115 Å². The second-order valence-corrected chi connectivity index (χ2v) is 11.4. The number of thiazole rings is 1. The van der Waals surface area contributed by atoms with Gasteiger partial charge in [0.25, 0.3) is 5.78 Å². The summed E-state index contributed by atoms with van der Waals surface area (Å²) in [7, 11) is 0. The average Bonchev–Trinajstić information content (AvgIpc) is 3.62. The molecule has 3 heterocycles. The van der Waals surface area contributed by atoms with Crippen LogP contribution in [0.1, 0.15) is 78.1 Å². The summed E-state index contributed by atoms with van der Waals surface area (Å²) >= 11 is 0.974. The molecule has 1 saturated heterocycles. The highest BCUT2D eigenvalue weighted by atomic mass is 32.1. The molecule has 42 heavy (non-hydrogen) atoms. The Morgan fingerprint density at radius 3 is 2.74 bits per heavy atom. The van der Waals surface area contributed by atoms with E-state index in [4.69, 9.17) is 14.2 Å². The van der Waals surface area contributed by atoms with Gasteiger partial charge in [-0.2, -0.15) is 0 Å². The first-order valence-electron chi connectivity index (χ1n) is 14.2. The summed E-state index contributed by atoms with van der Waals surface area (Å²) in [5.74, 6) is -1.23. The molecule has 3 aromatic rings.